The van der Waals surface area contributed by atoms with Gasteiger partial charge in [0.2, 0.25) is 21.8 Å². The zero-order valence-corrected chi connectivity index (χ0v) is 23.1. The minimum absolute atomic E-state index is 0.141. The number of nitrogens with zero attached hydrogens (tertiary/aromatic N) is 2. The molecule has 7 nitrogen and oxygen atoms in total. The number of anilines is 1. The van der Waals surface area contributed by atoms with Crippen LogP contribution in [0, 0.1) is 13.8 Å². The molecule has 0 saturated carbocycles. The highest BCUT2D eigenvalue weighted by Crippen LogP contribution is 2.21. The van der Waals surface area contributed by atoms with Gasteiger partial charge in [-0.3, -0.25) is 13.9 Å². The lowest BCUT2D eigenvalue weighted by molar-refractivity contribution is -0.141. The molecule has 2 aromatic carbocycles. The average Bonchev–Trinajstić information content (AvgIpc) is 2.83. The van der Waals surface area contributed by atoms with Crippen LogP contribution < -0.4 is 9.62 Å². The van der Waals surface area contributed by atoms with Gasteiger partial charge in [-0.05, 0) is 56.4 Å². The van der Waals surface area contributed by atoms with Crippen LogP contribution in [0.15, 0.2) is 48.5 Å². The van der Waals surface area contributed by atoms with E-state index in [-0.39, 0.29) is 24.8 Å². The minimum atomic E-state index is -3.51. The van der Waals surface area contributed by atoms with E-state index in [9.17, 15) is 18.0 Å². The van der Waals surface area contributed by atoms with E-state index in [1.807, 2.05) is 57.2 Å². The predicted molar refractivity (Wildman–Crippen MR) is 146 cm³/mol. The molecule has 0 unspecified atom stereocenters. The van der Waals surface area contributed by atoms with Crippen molar-refractivity contribution >= 4 is 27.5 Å². The Labute approximate surface area is 216 Å². The second-order valence-electron chi connectivity index (χ2n) is 9.29. The summed E-state index contributed by atoms with van der Waals surface area (Å²) >= 11 is 0. The lowest BCUT2D eigenvalue weighted by Gasteiger charge is -2.31. The molecule has 0 saturated heterocycles. The molecule has 0 aliphatic heterocycles. The van der Waals surface area contributed by atoms with Crippen molar-refractivity contribution in [2.24, 2.45) is 0 Å². The van der Waals surface area contributed by atoms with Gasteiger partial charge in [0.15, 0.2) is 0 Å². The molecule has 0 fully saturated rings. The Morgan fingerprint density at radius 3 is 2.22 bits per heavy atom. The third kappa shape index (κ3) is 8.66. The number of carbonyl (C=O) groups is 2. The molecule has 1 N–H and O–H groups in total. The van der Waals surface area contributed by atoms with Gasteiger partial charge in [0.1, 0.15) is 6.04 Å². The van der Waals surface area contributed by atoms with E-state index < -0.39 is 16.1 Å². The summed E-state index contributed by atoms with van der Waals surface area (Å²) in [5.74, 6) is -0.307. The Morgan fingerprint density at radius 2 is 1.64 bits per heavy atom. The van der Waals surface area contributed by atoms with Crippen molar-refractivity contribution in [1.82, 2.24) is 10.2 Å². The van der Waals surface area contributed by atoms with Crippen molar-refractivity contribution in [1.29, 1.82) is 0 Å². The number of hydrogen-bond acceptors (Lipinski definition) is 4. The number of unbranched alkanes of at least 4 members (excludes halogenated alkanes) is 1. The summed E-state index contributed by atoms with van der Waals surface area (Å²) in [5.41, 5.74) is 3.66. The zero-order valence-electron chi connectivity index (χ0n) is 22.3. The molecule has 0 spiro atoms. The molecule has 2 amide bonds. The van der Waals surface area contributed by atoms with Crippen LogP contribution in [-0.4, -0.2) is 50.5 Å². The lowest BCUT2D eigenvalue weighted by atomic mass is 10.1. The van der Waals surface area contributed by atoms with E-state index in [0.29, 0.717) is 31.6 Å². The quantitative estimate of drug-likeness (QED) is 0.373. The second kappa shape index (κ2) is 14.0. The summed E-state index contributed by atoms with van der Waals surface area (Å²) in [6.45, 7) is 9.01. The molecule has 36 heavy (non-hydrogen) atoms. The number of rotatable bonds is 14. The number of amides is 2. The maximum Gasteiger partial charge on any atom is 0.242 e. The minimum Gasteiger partial charge on any atom is -0.354 e. The third-order valence-corrected chi connectivity index (χ3v) is 7.49. The van der Waals surface area contributed by atoms with Gasteiger partial charge in [-0.1, -0.05) is 62.2 Å². The maximum atomic E-state index is 13.5. The molecule has 0 aromatic heterocycles. The van der Waals surface area contributed by atoms with E-state index in [0.717, 1.165) is 29.5 Å². The standard InChI is InChI=1S/C28H41N3O4S/c1-6-8-19-29-28(33)26(7-2)30(21-24-13-10-9-12-23(24)4)27(32)14-11-20-31(36(5,34)35)25-17-15-22(3)16-18-25/h9-10,12-13,15-18,26H,6-8,11,14,19-21H2,1-5H3,(H,29,33)/t26-/m0/s1. The number of hydrogen-bond donors (Lipinski definition) is 1. The summed E-state index contributed by atoms with van der Waals surface area (Å²) in [6, 6.07) is 14.5. The number of nitrogens with one attached hydrogen (secondary N) is 1. The summed E-state index contributed by atoms with van der Waals surface area (Å²) < 4.78 is 26.2. The molecule has 1 atom stereocenters. The number of aryl methyl sites for hydroxylation is 2. The van der Waals surface area contributed by atoms with E-state index in [1.165, 1.54) is 10.6 Å². The van der Waals surface area contributed by atoms with E-state index in [4.69, 9.17) is 0 Å². The zero-order chi connectivity index (χ0) is 26.7. The predicted octanol–water partition coefficient (Wildman–Crippen LogP) is 4.57. The number of carbonyl (C=O) groups excluding carboxylic acids is 2. The smallest absolute Gasteiger partial charge is 0.242 e. The summed E-state index contributed by atoms with van der Waals surface area (Å²) in [7, 11) is -3.51. The Morgan fingerprint density at radius 1 is 0.972 bits per heavy atom. The van der Waals surface area contributed by atoms with Crippen LogP contribution >= 0.6 is 0 Å². The third-order valence-electron chi connectivity index (χ3n) is 6.29. The van der Waals surface area contributed by atoms with Crippen LogP contribution in [0.25, 0.3) is 0 Å². The first-order chi connectivity index (χ1) is 17.1. The topological polar surface area (TPSA) is 86.8 Å². The molecule has 0 bridgehead atoms. The fraction of sp³-hybridized carbons (Fsp3) is 0.500. The van der Waals surface area contributed by atoms with Crippen LogP contribution in [-0.2, 0) is 26.2 Å². The van der Waals surface area contributed by atoms with Gasteiger partial charge in [0, 0.05) is 26.1 Å². The Bertz CT molecular complexity index is 1100. The molecular weight excluding hydrogens is 474 g/mol. The lowest BCUT2D eigenvalue weighted by Crippen LogP contribution is -2.49. The van der Waals surface area contributed by atoms with E-state index in [1.54, 1.807) is 17.0 Å². The fourth-order valence-electron chi connectivity index (χ4n) is 4.11. The van der Waals surface area contributed by atoms with Crippen molar-refractivity contribution in [3.8, 4) is 0 Å². The van der Waals surface area contributed by atoms with Crippen molar-refractivity contribution < 1.29 is 18.0 Å². The first-order valence-electron chi connectivity index (χ1n) is 12.7. The Kier molecular flexibility index (Phi) is 11.4. The first-order valence-corrected chi connectivity index (χ1v) is 14.6. The molecular formula is C28H41N3O4S. The average molecular weight is 516 g/mol. The molecule has 8 heteroatoms. The second-order valence-corrected chi connectivity index (χ2v) is 11.2. The number of benzene rings is 2. The first kappa shape index (κ1) is 29.4. The van der Waals surface area contributed by atoms with Gasteiger partial charge in [-0.25, -0.2) is 8.42 Å². The maximum absolute atomic E-state index is 13.5. The van der Waals surface area contributed by atoms with E-state index in [2.05, 4.69) is 12.2 Å². The van der Waals surface area contributed by atoms with Crippen LogP contribution in [0.2, 0.25) is 0 Å². The molecule has 0 aliphatic carbocycles. The van der Waals surface area contributed by atoms with Crippen molar-refractivity contribution in [3.05, 3.63) is 65.2 Å². The number of sulfonamides is 1. The van der Waals surface area contributed by atoms with Gasteiger partial charge in [-0.15, -0.1) is 0 Å². The van der Waals surface area contributed by atoms with Gasteiger partial charge in [0.25, 0.3) is 0 Å². The fourth-order valence-corrected chi connectivity index (χ4v) is 5.08. The van der Waals surface area contributed by atoms with Crippen LogP contribution in [0.3, 0.4) is 0 Å². The summed E-state index contributed by atoms with van der Waals surface area (Å²) in [4.78, 5) is 28.1. The van der Waals surface area contributed by atoms with Crippen molar-refractivity contribution in [2.75, 3.05) is 23.7 Å². The van der Waals surface area contributed by atoms with Crippen LogP contribution in [0.5, 0.6) is 0 Å². The summed E-state index contributed by atoms with van der Waals surface area (Å²) in [6.07, 6.45) is 4.01. The van der Waals surface area contributed by atoms with Crippen molar-refractivity contribution in [2.45, 2.75) is 72.4 Å². The van der Waals surface area contributed by atoms with Gasteiger partial charge >= 0.3 is 0 Å². The molecule has 0 aliphatic rings. The highest BCUT2D eigenvalue weighted by atomic mass is 32.2. The molecule has 0 radical (unpaired) electrons. The Balaban J connectivity index is 2.20. The van der Waals surface area contributed by atoms with Gasteiger partial charge in [0.05, 0.1) is 11.9 Å². The molecule has 2 aromatic rings. The largest absolute Gasteiger partial charge is 0.354 e. The highest BCUT2D eigenvalue weighted by molar-refractivity contribution is 7.92. The van der Waals surface area contributed by atoms with E-state index >= 15 is 0 Å². The summed E-state index contributed by atoms with van der Waals surface area (Å²) in [5, 5.41) is 2.97. The van der Waals surface area contributed by atoms with Gasteiger partial charge < -0.3 is 10.2 Å². The van der Waals surface area contributed by atoms with Crippen LogP contribution in [0.1, 0.15) is 62.6 Å². The molecule has 0 heterocycles. The van der Waals surface area contributed by atoms with Crippen molar-refractivity contribution in [3.63, 3.8) is 0 Å². The Hall–Kier alpha value is -2.87. The highest BCUT2D eigenvalue weighted by Gasteiger charge is 2.29. The molecule has 198 valence electrons. The SMILES string of the molecule is CCCCNC(=O)[C@H](CC)N(Cc1ccccc1C)C(=O)CCCN(c1ccc(C)cc1)S(C)(=O)=O. The van der Waals surface area contributed by atoms with Gasteiger partial charge in [-0.2, -0.15) is 0 Å². The monoisotopic (exact) mass is 515 g/mol. The normalized spacial score (nSPS) is 12.1. The van der Waals surface area contributed by atoms with Crippen LogP contribution in [0.4, 0.5) is 5.69 Å². The molecule has 2 rings (SSSR count).